The van der Waals surface area contributed by atoms with E-state index in [0.717, 1.165) is 5.56 Å². The Kier molecular flexibility index (Phi) is 4.24. The molecule has 114 valence electrons. The van der Waals surface area contributed by atoms with Crippen molar-refractivity contribution in [2.75, 3.05) is 13.7 Å². The Morgan fingerprint density at radius 1 is 1.32 bits per heavy atom. The van der Waals surface area contributed by atoms with Gasteiger partial charge in [-0.05, 0) is 22.6 Å². The number of esters is 1. The lowest BCUT2D eigenvalue weighted by molar-refractivity contribution is -0.145. The van der Waals surface area contributed by atoms with E-state index in [0.29, 0.717) is 13.1 Å². The fourth-order valence-corrected chi connectivity index (χ4v) is 3.42. The second-order valence-corrected chi connectivity index (χ2v) is 6.32. The lowest BCUT2D eigenvalue weighted by atomic mass is 10.1. The number of methoxy groups -OCH3 is 1. The minimum atomic E-state index is -0.331. The number of likely N-dealkylation sites (tertiary alicyclic amines) is 1. The standard InChI is InChI=1S/C17H17NO3S/c1-21-17(20)14-9-16(19)18(11-14)10-12-4-6-13(7-5-12)15-3-2-8-22-15/h2-8,14H,9-11H2,1H3. The molecule has 0 spiro atoms. The fourth-order valence-electron chi connectivity index (χ4n) is 2.69. The Labute approximate surface area is 133 Å². The summed E-state index contributed by atoms with van der Waals surface area (Å²) in [4.78, 5) is 26.5. The third-order valence-corrected chi connectivity index (χ3v) is 4.80. The lowest BCUT2D eigenvalue weighted by Crippen LogP contribution is -2.26. The van der Waals surface area contributed by atoms with Crippen molar-refractivity contribution < 1.29 is 14.3 Å². The Morgan fingerprint density at radius 3 is 2.73 bits per heavy atom. The minimum absolute atomic E-state index is 0.0118. The van der Waals surface area contributed by atoms with Crippen LogP contribution in [0.1, 0.15) is 12.0 Å². The molecule has 1 aromatic heterocycles. The summed E-state index contributed by atoms with van der Waals surface area (Å²) in [5.41, 5.74) is 2.25. The molecule has 5 heteroatoms. The van der Waals surface area contributed by atoms with Gasteiger partial charge in [-0.25, -0.2) is 0 Å². The molecule has 1 saturated heterocycles. The highest BCUT2D eigenvalue weighted by atomic mass is 32.1. The predicted molar refractivity (Wildman–Crippen MR) is 85.3 cm³/mol. The van der Waals surface area contributed by atoms with Crippen molar-refractivity contribution in [3.8, 4) is 10.4 Å². The van der Waals surface area contributed by atoms with Crippen molar-refractivity contribution in [2.45, 2.75) is 13.0 Å². The second-order valence-electron chi connectivity index (χ2n) is 5.37. The maximum absolute atomic E-state index is 12.0. The second kappa shape index (κ2) is 6.32. The van der Waals surface area contributed by atoms with Crippen LogP contribution in [0.25, 0.3) is 10.4 Å². The normalized spacial score (nSPS) is 17.8. The third kappa shape index (κ3) is 3.04. The summed E-state index contributed by atoms with van der Waals surface area (Å²) in [7, 11) is 1.36. The van der Waals surface area contributed by atoms with Gasteiger partial charge in [0.25, 0.3) is 0 Å². The smallest absolute Gasteiger partial charge is 0.310 e. The number of benzene rings is 1. The van der Waals surface area contributed by atoms with E-state index in [4.69, 9.17) is 4.74 Å². The van der Waals surface area contributed by atoms with Gasteiger partial charge in [0, 0.05) is 24.4 Å². The monoisotopic (exact) mass is 315 g/mol. The molecular weight excluding hydrogens is 298 g/mol. The maximum atomic E-state index is 12.0. The molecule has 4 nitrogen and oxygen atoms in total. The molecule has 1 atom stereocenters. The summed E-state index contributed by atoms with van der Waals surface area (Å²) >= 11 is 1.71. The summed E-state index contributed by atoms with van der Waals surface area (Å²) < 4.78 is 4.72. The Morgan fingerprint density at radius 2 is 2.09 bits per heavy atom. The molecule has 0 radical (unpaired) electrons. The van der Waals surface area contributed by atoms with E-state index in [-0.39, 0.29) is 24.2 Å². The Balaban J connectivity index is 1.66. The number of rotatable bonds is 4. The zero-order valence-electron chi connectivity index (χ0n) is 12.3. The molecule has 1 aliphatic heterocycles. The molecule has 0 aliphatic carbocycles. The van der Waals surface area contributed by atoms with Crippen LogP contribution in [0, 0.1) is 5.92 Å². The van der Waals surface area contributed by atoms with Crippen LogP contribution in [-0.4, -0.2) is 30.4 Å². The summed E-state index contributed by atoms with van der Waals surface area (Å²) in [6.07, 6.45) is 0.250. The first-order chi connectivity index (χ1) is 10.7. The molecule has 0 N–H and O–H groups in total. The highest BCUT2D eigenvalue weighted by Gasteiger charge is 2.34. The molecule has 22 heavy (non-hydrogen) atoms. The summed E-state index contributed by atoms with van der Waals surface area (Å²) in [6.45, 7) is 0.981. The van der Waals surface area contributed by atoms with Crippen molar-refractivity contribution in [3.05, 3.63) is 47.3 Å². The van der Waals surface area contributed by atoms with Crippen LogP contribution in [0.15, 0.2) is 41.8 Å². The van der Waals surface area contributed by atoms with E-state index in [2.05, 4.69) is 23.6 Å². The van der Waals surface area contributed by atoms with E-state index in [9.17, 15) is 9.59 Å². The van der Waals surface area contributed by atoms with Crippen LogP contribution in [-0.2, 0) is 20.9 Å². The zero-order valence-corrected chi connectivity index (χ0v) is 13.1. The molecule has 1 aliphatic rings. The van der Waals surface area contributed by atoms with E-state index < -0.39 is 0 Å². The van der Waals surface area contributed by atoms with E-state index in [1.807, 2.05) is 18.2 Å². The van der Waals surface area contributed by atoms with Gasteiger partial charge in [0.05, 0.1) is 13.0 Å². The number of carbonyl (C=O) groups is 2. The van der Waals surface area contributed by atoms with Crippen molar-refractivity contribution in [2.24, 2.45) is 5.92 Å². The highest BCUT2D eigenvalue weighted by Crippen LogP contribution is 2.26. The van der Waals surface area contributed by atoms with Gasteiger partial charge >= 0.3 is 5.97 Å². The summed E-state index contributed by atoms with van der Waals surface area (Å²) in [5, 5.41) is 2.05. The van der Waals surface area contributed by atoms with Crippen molar-refractivity contribution in [3.63, 3.8) is 0 Å². The quantitative estimate of drug-likeness (QED) is 0.815. The topological polar surface area (TPSA) is 46.6 Å². The van der Waals surface area contributed by atoms with Crippen LogP contribution < -0.4 is 0 Å². The van der Waals surface area contributed by atoms with Crippen molar-refractivity contribution >= 4 is 23.2 Å². The first-order valence-corrected chi connectivity index (χ1v) is 8.04. The largest absolute Gasteiger partial charge is 0.469 e. The van der Waals surface area contributed by atoms with Crippen LogP contribution >= 0.6 is 11.3 Å². The van der Waals surface area contributed by atoms with Crippen LogP contribution in [0.5, 0.6) is 0 Å². The van der Waals surface area contributed by atoms with E-state index in [1.54, 1.807) is 16.2 Å². The first kappa shape index (κ1) is 14.8. The van der Waals surface area contributed by atoms with Gasteiger partial charge in [-0.1, -0.05) is 30.3 Å². The number of hydrogen-bond donors (Lipinski definition) is 0. The number of ether oxygens (including phenoxy) is 1. The molecule has 0 bridgehead atoms. The van der Waals surface area contributed by atoms with Crippen LogP contribution in [0.2, 0.25) is 0 Å². The van der Waals surface area contributed by atoms with Gasteiger partial charge in [-0.2, -0.15) is 0 Å². The number of amides is 1. The average Bonchev–Trinajstić information content (AvgIpc) is 3.18. The van der Waals surface area contributed by atoms with Crippen LogP contribution in [0.4, 0.5) is 0 Å². The zero-order chi connectivity index (χ0) is 15.5. The predicted octanol–water partition coefficient (Wildman–Crippen LogP) is 2.94. The van der Waals surface area contributed by atoms with Gasteiger partial charge in [-0.15, -0.1) is 11.3 Å². The third-order valence-electron chi connectivity index (χ3n) is 3.88. The molecular formula is C17H17NO3S. The number of hydrogen-bond acceptors (Lipinski definition) is 4. The summed E-state index contributed by atoms with van der Waals surface area (Å²) in [5.74, 6) is -0.621. The van der Waals surface area contributed by atoms with Gasteiger partial charge < -0.3 is 9.64 Å². The Hall–Kier alpha value is -2.14. The van der Waals surface area contributed by atoms with E-state index >= 15 is 0 Å². The molecule has 1 fully saturated rings. The molecule has 1 amide bonds. The van der Waals surface area contributed by atoms with Crippen LogP contribution in [0.3, 0.4) is 0 Å². The van der Waals surface area contributed by atoms with Gasteiger partial charge in [-0.3, -0.25) is 9.59 Å². The molecule has 1 unspecified atom stereocenters. The molecule has 2 aromatic rings. The van der Waals surface area contributed by atoms with E-state index in [1.165, 1.54) is 17.6 Å². The van der Waals surface area contributed by atoms with Gasteiger partial charge in [0.15, 0.2) is 0 Å². The molecule has 1 aromatic carbocycles. The lowest BCUT2D eigenvalue weighted by Gasteiger charge is -2.16. The average molecular weight is 315 g/mol. The first-order valence-electron chi connectivity index (χ1n) is 7.16. The van der Waals surface area contributed by atoms with Gasteiger partial charge in [0.1, 0.15) is 0 Å². The number of thiophene rings is 1. The molecule has 0 saturated carbocycles. The van der Waals surface area contributed by atoms with Gasteiger partial charge in [0.2, 0.25) is 5.91 Å². The molecule has 3 rings (SSSR count). The Bertz CT molecular complexity index is 664. The summed E-state index contributed by atoms with van der Waals surface area (Å²) in [6, 6.07) is 12.3. The number of carbonyl (C=O) groups excluding carboxylic acids is 2. The fraction of sp³-hybridized carbons (Fsp3) is 0.294. The molecule has 2 heterocycles. The maximum Gasteiger partial charge on any atom is 0.310 e. The minimum Gasteiger partial charge on any atom is -0.469 e. The van der Waals surface area contributed by atoms with Crippen molar-refractivity contribution in [1.82, 2.24) is 4.90 Å². The number of nitrogens with zero attached hydrogens (tertiary/aromatic N) is 1. The SMILES string of the molecule is COC(=O)C1CC(=O)N(Cc2ccc(-c3cccs3)cc2)C1. The van der Waals surface area contributed by atoms with Crippen molar-refractivity contribution in [1.29, 1.82) is 0 Å². The highest BCUT2D eigenvalue weighted by molar-refractivity contribution is 7.13.